The number of phenols is 1. The molecule has 0 saturated heterocycles. The molecule has 0 aromatic heterocycles. The maximum absolute atomic E-state index is 11.7. The number of aliphatic hydroxyl groups is 1. The van der Waals surface area contributed by atoms with E-state index in [1.54, 1.807) is 12.1 Å². The number of rotatable bonds is 6. The second-order valence-electron chi connectivity index (χ2n) is 4.54. The normalized spacial score (nSPS) is 11.9. The van der Waals surface area contributed by atoms with Crippen LogP contribution in [0.4, 0.5) is 5.69 Å². The van der Waals surface area contributed by atoms with Gasteiger partial charge in [-0.1, -0.05) is 30.3 Å². The fraction of sp³-hybridized carbons (Fsp3) is 0.188. The van der Waals surface area contributed by atoms with Gasteiger partial charge >= 0.3 is 0 Å². The number of hydrogen-bond donors (Lipinski definition) is 3. The first-order valence-electron chi connectivity index (χ1n) is 6.55. The van der Waals surface area contributed by atoms with Gasteiger partial charge in [0.05, 0.1) is 11.9 Å². The highest BCUT2D eigenvalue weighted by atomic mass is 32.2. The minimum Gasteiger partial charge on any atom is -0.508 e. The summed E-state index contributed by atoms with van der Waals surface area (Å²) in [7, 11) is 0. The Hall–Kier alpha value is -1.98. The number of carbonyl (C=O) groups is 1. The number of nitrogens with one attached hydrogen (secondary N) is 1. The number of hydrogen-bond acceptors (Lipinski definition) is 4. The number of phenolic OH excluding ortho intramolecular Hbond substituents is 1. The first-order valence-corrected chi connectivity index (χ1v) is 7.70. The van der Waals surface area contributed by atoms with Crippen molar-refractivity contribution in [1.82, 2.24) is 0 Å². The molecule has 0 fully saturated rings. The van der Waals surface area contributed by atoms with Crippen LogP contribution in [0.15, 0.2) is 54.6 Å². The third-order valence-electron chi connectivity index (χ3n) is 2.84. The zero-order valence-electron chi connectivity index (χ0n) is 11.4. The number of aromatic hydroxyl groups is 1. The van der Waals surface area contributed by atoms with Crippen LogP contribution in [0.3, 0.4) is 0 Å². The third-order valence-corrected chi connectivity index (χ3v) is 3.86. The summed E-state index contributed by atoms with van der Waals surface area (Å²) in [5.74, 6) is 0.761. The van der Waals surface area contributed by atoms with Crippen molar-refractivity contribution in [3.05, 3.63) is 60.2 Å². The Morgan fingerprint density at radius 3 is 2.43 bits per heavy atom. The van der Waals surface area contributed by atoms with E-state index in [1.807, 2.05) is 30.3 Å². The zero-order valence-corrected chi connectivity index (χ0v) is 12.2. The van der Waals surface area contributed by atoms with Crippen molar-refractivity contribution >= 4 is 23.4 Å². The van der Waals surface area contributed by atoms with Gasteiger partial charge in [-0.05, 0) is 29.8 Å². The number of aliphatic hydroxyl groups excluding tert-OH is 1. The number of carbonyl (C=O) groups excluding carboxylic acids is 1. The lowest BCUT2D eigenvalue weighted by molar-refractivity contribution is -0.113. The molecule has 0 aliphatic carbocycles. The van der Waals surface area contributed by atoms with Gasteiger partial charge in [-0.2, -0.15) is 0 Å². The van der Waals surface area contributed by atoms with Gasteiger partial charge in [-0.3, -0.25) is 4.79 Å². The van der Waals surface area contributed by atoms with Gasteiger partial charge in [0.2, 0.25) is 5.91 Å². The lowest BCUT2D eigenvalue weighted by Gasteiger charge is -2.10. The van der Waals surface area contributed by atoms with Crippen molar-refractivity contribution in [2.75, 3.05) is 16.8 Å². The van der Waals surface area contributed by atoms with Crippen LogP contribution in [0.2, 0.25) is 0 Å². The minimum absolute atomic E-state index is 0.133. The molecule has 0 aliphatic heterocycles. The second kappa shape index (κ2) is 7.71. The molecule has 1 amide bonds. The highest BCUT2D eigenvalue weighted by molar-refractivity contribution is 7.99. The smallest absolute Gasteiger partial charge is 0.234 e. The molecule has 1 atom stereocenters. The van der Waals surface area contributed by atoms with E-state index < -0.39 is 6.10 Å². The van der Waals surface area contributed by atoms with Crippen molar-refractivity contribution in [3.63, 3.8) is 0 Å². The van der Waals surface area contributed by atoms with Crippen LogP contribution in [-0.2, 0) is 4.79 Å². The molecule has 110 valence electrons. The first kappa shape index (κ1) is 15.4. The van der Waals surface area contributed by atoms with E-state index in [2.05, 4.69) is 5.32 Å². The highest BCUT2D eigenvalue weighted by Gasteiger charge is 2.09. The Balaban J connectivity index is 1.73. The van der Waals surface area contributed by atoms with Gasteiger partial charge in [-0.15, -0.1) is 11.8 Å². The van der Waals surface area contributed by atoms with E-state index in [0.29, 0.717) is 11.4 Å². The van der Waals surface area contributed by atoms with Gasteiger partial charge in [0.15, 0.2) is 0 Å². The van der Waals surface area contributed by atoms with Gasteiger partial charge in [0, 0.05) is 11.4 Å². The van der Waals surface area contributed by atoms with Gasteiger partial charge in [0.25, 0.3) is 0 Å². The Morgan fingerprint density at radius 2 is 1.76 bits per heavy atom. The Morgan fingerprint density at radius 1 is 1.10 bits per heavy atom. The summed E-state index contributed by atoms with van der Waals surface area (Å²) in [6, 6.07) is 15.7. The van der Waals surface area contributed by atoms with Crippen molar-refractivity contribution in [2.45, 2.75) is 6.10 Å². The van der Waals surface area contributed by atoms with Crippen molar-refractivity contribution in [2.24, 2.45) is 0 Å². The maximum atomic E-state index is 11.7. The molecule has 0 heterocycles. The number of benzene rings is 2. The molecule has 0 spiro atoms. The Bertz CT molecular complexity index is 572. The number of amides is 1. The maximum Gasteiger partial charge on any atom is 0.234 e. The molecule has 21 heavy (non-hydrogen) atoms. The van der Waals surface area contributed by atoms with Crippen LogP contribution in [-0.4, -0.2) is 27.6 Å². The first-order chi connectivity index (χ1) is 10.1. The summed E-state index contributed by atoms with van der Waals surface area (Å²) in [5.41, 5.74) is 1.49. The topological polar surface area (TPSA) is 69.6 Å². The quantitative estimate of drug-likeness (QED) is 0.718. The fourth-order valence-corrected chi connectivity index (χ4v) is 2.57. The fourth-order valence-electron chi connectivity index (χ4n) is 1.78. The number of thioether (sulfide) groups is 1. The summed E-state index contributed by atoms with van der Waals surface area (Å²) < 4.78 is 0. The lowest BCUT2D eigenvalue weighted by atomic mass is 10.1. The predicted octanol–water partition coefficient (Wildman–Crippen LogP) is 2.80. The lowest BCUT2D eigenvalue weighted by Crippen LogP contribution is -2.15. The molecule has 0 radical (unpaired) electrons. The van der Waals surface area contributed by atoms with Crippen LogP contribution in [0.5, 0.6) is 5.75 Å². The van der Waals surface area contributed by atoms with Crippen LogP contribution in [0.25, 0.3) is 0 Å². The Labute approximate surface area is 127 Å². The number of anilines is 1. The monoisotopic (exact) mass is 303 g/mol. The van der Waals surface area contributed by atoms with Gasteiger partial charge in [-0.25, -0.2) is 0 Å². The van der Waals surface area contributed by atoms with Crippen molar-refractivity contribution < 1.29 is 15.0 Å². The largest absolute Gasteiger partial charge is 0.508 e. The second-order valence-corrected chi connectivity index (χ2v) is 5.57. The molecule has 1 unspecified atom stereocenters. The van der Waals surface area contributed by atoms with E-state index >= 15 is 0 Å². The molecule has 3 N–H and O–H groups in total. The van der Waals surface area contributed by atoms with E-state index in [9.17, 15) is 9.90 Å². The van der Waals surface area contributed by atoms with Gasteiger partial charge < -0.3 is 15.5 Å². The molecular weight excluding hydrogens is 286 g/mol. The van der Waals surface area contributed by atoms with E-state index in [1.165, 1.54) is 23.9 Å². The molecule has 0 aliphatic rings. The van der Waals surface area contributed by atoms with Crippen LogP contribution < -0.4 is 5.32 Å². The summed E-state index contributed by atoms with van der Waals surface area (Å²) in [5, 5.41) is 21.9. The van der Waals surface area contributed by atoms with Crippen molar-refractivity contribution in [3.8, 4) is 5.75 Å². The SMILES string of the molecule is O=C(CSCC(O)c1ccccc1)Nc1ccc(O)cc1. The minimum atomic E-state index is -0.572. The molecule has 4 nitrogen and oxygen atoms in total. The summed E-state index contributed by atoms with van der Waals surface area (Å²) >= 11 is 1.38. The molecule has 2 rings (SSSR count). The van der Waals surface area contributed by atoms with Crippen LogP contribution in [0, 0.1) is 0 Å². The standard InChI is InChI=1S/C16H17NO3S/c18-14-8-6-13(7-9-14)17-16(20)11-21-10-15(19)12-4-2-1-3-5-12/h1-9,15,18-19H,10-11H2,(H,17,20). The Kier molecular flexibility index (Phi) is 5.66. The van der Waals surface area contributed by atoms with E-state index in [4.69, 9.17) is 5.11 Å². The third kappa shape index (κ3) is 5.13. The average molecular weight is 303 g/mol. The van der Waals surface area contributed by atoms with Crippen molar-refractivity contribution in [1.29, 1.82) is 0 Å². The molecule has 0 saturated carbocycles. The molecular formula is C16H17NO3S. The molecule has 0 bridgehead atoms. The van der Waals surface area contributed by atoms with Gasteiger partial charge in [0.1, 0.15) is 5.75 Å². The van der Waals surface area contributed by atoms with E-state index in [-0.39, 0.29) is 17.4 Å². The molecule has 2 aromatic carbocycles. The predicted molar refractivity (Wildman–Crippen MR) is 85.5 cm³/mol. The molecule has 5 heteroatoms. The van der Waals surface area contributed by atoms with Crippen LogP contribution in [0.1, 0.15) is 11.7 Å². The van der Waals surface area contributed by atoms with Crippen LogP contribution >= 0.6 is 11.8 Å². The highest BCUT2D eigenvalue weighted by Crippen LogP contribution is 2.18. The summed E-state index contributed by atoms with van der Waals surface area (Å²) in [4.78, 5) is 11.7. The molecule has 2 aromatic rings. The average Bonchev–Trinajstić information content (AvgIpc) is 2.50. The van der Waals surface area contributed by atoms with E-state index in [0.717, 1.165) is 5.56 Å². The summed E-state index contributed by atoms with van der Waals surface area (Å²) in [6.45, 7) is 0. The zero-order chi connectivity index (χ0) is 15.1. The summed E-state index contributed by atoms with van der Waals surface area (Å²) in [6.07, 6.45) is -0.572.